The van der Waals surface area contributed by atoms with Gasteiger partial charge in [0.2, 0.25) is 0 Å². The molecule has 6 rings (SSSR count). The van der Waals surface area contributed by atoms with Gasteiger partial charge in [-0.25, -0.2) is 9.97 Å². The van der Waals surface area contributed by atoms with E-state index in [2.05, 4.69) is 0 Å². The molecule has 6 aromatic rings. The molecule has 0 radical (unpaired) electrons. The quantitative estimate of drug-likeness (QED) is 0.173. The molecular weight excluding hydrogens is 575 g/mol. The number of benzene rings is 4. The number of nitrogens with zero attached hydrogens (tertiary/aromatic N) is 4. The molecule has 6 nitrogen and oxygen atoms in total. The summed E-state index contributed by atoms with van der Waals surface area (Å²) in [6.07, 6.45) is 0. The van der Waals surface area contributed by atoms with Crippen molar-refractivity contribution in [3.8, 4) is 22.8 Å². The van der Waals surface area contributed by atoms with E-state index < -0.39 is 0 Å². The molecule has 0 N–H and O–H groups in total. The van der Waals surface area contributed by atoms with Crippen LogP contribution in [0.2, 0.25) is 10.0 Å². The van der Waals surface area contributed by atoms with Gasteiger partial charge < -0.3 is 0 Å². The highest BCUT2D eigenvalue weighted by molar-refractivity contribution is 7.99. The Morgan fingerprint density at radius 2 is 0.951 bits per heavy atom. The molecule has 0 atom stereocenters. The van der Waals surface area contributed by atoms with Crippen LogP contribution in [0.25, 0.3) is 44.6 Å². The minimum atomic E-state index is -0.109. The highest BCUT2D eigenvalue weighted by Crippen LogP contribution is 2.28. The summed E-state index contributed by atoms with van der Waals surface area (Å²) in [5.74, 6) is 2.34. The third-order valence-electron chi connectivity index (χ3n) is 6.87. The number of rotatable bonds is 8. The van der Waals surface area contributed by atoms with Crippen molar-refractivity contribution in [2.75, 3.05) is 11.5 Å². The first-order valence-electron chi connectivity index (χ1n) is 13.1. The predicted molar refractivity (Wildman–Crippen MR) is 170 cm³/mol. The molecule has 2 aromatic heterocycles. The van der Waals surface area contributed by atoms with Gasteiger partial charge in [-0.2, -0.15) is 11.8 Å². The second-order valence-corrected chi connectivity index (χ2v) is 11.4. The molecular formula is C32H24Cl2N4O2S. The Morgan fingerprint density at radius 3 is 1.39 bits per heavy atom. The maximum Gasteiger partial charge on any atom is 0.261 e. The van der Waals surface area contributed by atoms with E-state index in [4.69, 9.17) is 33.2 Å². The van der Waals surface area contributed by atoms with Gasteiger partial charge in [0.1, 0.15) is 11.6 Å². The number of halogens is 2. The van der Waals surface area contributed by atoms with Crippen LogP contribution in [0, 0.1) is 0 Å². The Balaban J connectivity index is 1.27. The summed E-state index contributed by atoms with van der Waals surface area (Å²) in [5.41, 5.74) is 2.46. The van der Waals surface area contributed by atoms with E-state index in [1.807, 2.05) is 72.8 Å². The van der Waals surface area contributed by atoms with E-state index >= 15 is 0 Å². The minimum Gasteiger partial charge on any atom is -0.291 e. The number of thioether (sulfide) groups is 1. The van der Waals surface area contributed by atoms with E-state index in [0.717, 1.165) is 0 Å². The van der Waals surface area contributed by atoms with Gasteiger partial charge in [-0.3, -0.25) is 18.7 Å². The van der Waals surface area contributed by atoms with Crippen molar-refractivity contribution in [3.63, 3.8) is 0 Å². The Labute approximate surface area is 250 Å². The van der Waals surface area contributed by atoms with Crippen molar-refractivity contribution in [2.24, 2.45) is 0 Å². The first-order valence-corrected chi connectivity index (χ1v) is 15.0. The topological polar surface area (TPSA) is 69.8 Å². The molecule has 0 aliphatic rings. The van der Waals surface area contributed by atoms with E-state index in [1.54, 1.807) is 45.2 Å². The summed E-state index contributed by atoms with van der Waals surface area (Å²) in [4.78, 5) is 36.7. The lowest BCUT2D eigenvalue weighted by Gasteiger charge is -2.16. The van der Waals surface area contributed by atoms with Crippen molar-refractivity contribution < 1.29 is 0 Å². The van der Waals surface area contributed by atoms with E-state index in [-0.39, 0.29) is 11.1 Å². The molecule has 204 valence electrons. The number of aromatic nitrogens is 4. The zero-order chi connectivity index (χ0) is 28.3. The third kappa shape index (κ3) is 5.40. The SMILES string of the molecule is O=c1c2ccccc2nc(-c2ccccc2Cl)n1CCSCCn1c(-c2ccccc2Cl)nc2ccccc2c1=O. The Kier molecular flexibility index (Phi) is 7.92. The molecule has 0 saturated heterocycles. The van der Waals surface area contributed by atoms with Crippen LogP contribution in [0.3, 0.4) is 0 Å². The summed E-state index contributed by atoms with van der Waals surface area (Å²) >= 11 is 14.7. The normalized spacial score (nSPS) is 11.4. The van der Waals surface area contributed by atoms with E-state index in [0.29, 0.717) is 79.2 Å². The van der Waals surface area contributed by atoms with Crippen LogP contribution in [0.1, 0.15) is 0 Å². The van der Waals surface area contributed by atoms with E-state index in [9.17, 15) is 9.59 Å². The van der Waals surface area contributed by atoms with Gasteiger partial charge in [0.15, 0.2) is 0 Å². The molecule has 0 unspecified atom stereocenters. The number of fused-ring (bicyclic) bond motifs is 2. The summed E-state index contributed by atoms with van der Waals surface area (Å²) in [6, 6.07) is 29.5. The van der Waals surface area contributed by atoms with Crippen molar-refractivity contribution >= 4 is 56.8 Å². The van der Waals surface area contributed by atoms with Crippen LogP contribution < -0.4 is 11.1 Å². The van der Waals surface area contributed by atoms with Crippen LogP contribution in [-0.4, -0.2) is 30.6 Å². The molecule has 0 spiro atoms. The number of hydrogen-bond donors (Lipinski definition) is 0. The van der Waals surface area contributed by atoms with Gasteiger partial charge in [-0.05, 0) is 48.5 Å². The van der Waals surface area contributed by atoms with Gasteiger partial charge in [-0.1, -0.05) is 71.7 Å². The highest BCUT2D eigenvalue weighted by Gasteiger charge is 2.17. The van der Waals surface area contributed by atoms with Crippen LogP contribution in [0.4, 0.5) is 0 Å². The lowest BCUT2D eigenvalue weighted by Crippen LogP contribution is -2.26. The third-order valence-corrected chi connectivity index (χ3v) is 8.47. The fourth-order valence-corrected chi connectivity index (χ4v) is 6.13. The molecule has 0 bridgehead atoms. The van der Waals surface area contributed by atoms with Crippen LogP contribution >= 0.6 is 35.0 Å². The van der Waals surface area contributed by atoms with Gasteiger partial charge >= 0.3 is 0 Å². The Morgan fingerprint density at radius 1 is 0.561 bits per heavy atom. The summed E-state index contributed by atoms with van der Waals surface area (Å²) in [7, 11) is 0. The van der Waals surface area contributed by atoms with Crippen molar-refractivity contribution in [3.05, 3.63) is 128 Å². The fraction of sp³-hybridized carbons (Fsp3) is 0.125. The molecule has 0 aliphatic carbocycles. The lowest BCUT2D eigenvalue weighted by atomic mass is 10.1. The van der Waals surface area contributed by atoms with Crippen LogP contribution in [-0.2, 0) is 13.1 Å². The second-order valence-electron chi connectivity index (χ2n) is 9.39. The maximum absolute atomic E-state index is 13.5. The molecule has 9 heteroatoms. The lowest BCUT2D eigenvalue weighted by molar-refractivity contribution is 0.724. The molecule has 2 heterocycles. The van der Waals surface area contributed by atoms with Crippen LogP contribution in [0.15, 0.2) is 107 Å². The molecule has 4 aromatic carbocycles. The summed E-state index contributed by atoms with van der Waals surface area (Å²) in [5, 5.41) is 2.19. The average Bonchev–Trinajstić information content (AvgIpc) is 2.99. The van der Waals surface area contributed by atoms with Crippen LogP contribution in [0.5, 0.6) is 0 Å². The predicted octanol–water partition coefficient (Wildman–Crippen LogP) is 7.18. The molecule has 0 saturated carbocycles. The van der Waals surface area contributed by atoms with E-state index in [1.165, 1.54) is 0 Å². The largest absolute Gasteiger partial charge is 0.291 e. The van der Waals surface area contributed by atoms with Gasteiger partial charge in [0, 0.05) is 35.7 Å². The average molecular weight is 600 g/mol. The molecule has 0 amide bonds. The zero-order valence-corrected chi connectivity index (χ0v) is 24.2. The van der Waals surface area contributed by atoms with Crippen molar-refractivity contribution in [1.29, 1.82) is 0 Å². The highest BCUT2D eigenvalue weighted by atomic mass is 35.5. The zero-order valence-electron chi connectivity index (χ0n) is 21.8. The van der Waals surface area contributed by atoms with Gasteiger partial charge in [-0.15, -0.1) is 0 Å². The molecule has 41 heavy (non-hydrogen) atoms. The van der Waals surface area contributed by atoms with Crippen molar-refractivity contribution in [1.82, 2.24) is 19.1 Å². The molecule has 0 fully saturated rings. The first kappa shape index (κ1) is 27.3. The smallest absolute Gasteiger partial charge is 0.261 e. The first-order chi connectivity index (χ1) is 20.0. The van der Waals surface area contributed by atoms with Crippen molar-refractivity contribution in [2.45, 2.75) is 13.1 Å². The summed E-state index contributed by atoms with van der Waals surface area (Å²) < 4.78 is 3.38. The Bertz CT molecular complexity index is 1880. The standard InChI is InChI=1S/C32H24Cl2N4O2S/c33-25-13-5-1-9-21(25)29-35-27-15-7-3-11-23(27)31(39)37(29)17-19-41-20-18-38-30(22-10-2-6-14-26(22)34)36-28-16-8-4-12-24(28)32(38)40/h1-16H,17-20H2. The second kappa shape index (κ2) is 11.9. The molecule has 0 aliphatic heterocycles. The number of hydrogen-bond acceptors (Lipinski definition) is 5. The van der Waals surface area contributed by atoms with Gasteiger partial charge in [0.25, 0.3) is 11.1 Å². The maximum atomic E-state index is 13.5. The monoisotopic (exact) mass is 598 g/mol. The minimum absolute atomic E-state index is 0.109. The number of para-hydroxylation sites is 2. The Hall–Kier alpha value is -3.91. The fourth-order valence-electron chi connectivity index (χ4n) is 4.86. The summed E-state index contributed by atoms with van der Waals surface area (Å²) in [6.45, 7) is 0.869. The van der Waals surface area contributed by atoms with Gasteiger partial charge in [0.05, 0.1) is 31.9 Å².